The van der Waals surface area contributed by atoms with Gasteiger partial charge >= 0.3 is 0 Å². The molecular weight excluding hydrogens is 326 g/mol. The summed E-state index contributed by atoms with van der Waals surface area (Å²) >= 11 is 9.75. The molecule has 0 aliphatic heterocycles. The van der Waals surface area contributed by atoms with Gasteiger partial charge in [-0.05, 0) is 37.3 Å². The minimum absolute atomic E-state index is 0.0495. The molecule has 1 aliphatic carbocycles. The number of rotatable bonds is 3. The summed E-state index contributed by atoms with van der Waals surface area (Å²) in [6.07, 6.45) is 4.69. The predicted octanol–water partition coefficient (Wildman–Crippen LogP) is 4.33. The normalized spacial score (nSPS) is 23.1. The Balaban J connectivity index is 2.09. The van der Waals surface area contributed by atoms with E-state index >= 15 is 0 Å². The average Bonchev–Trinajstić information content (AvgIpc) is 2.42. The van der Waals surface area contributed by atoms with Crippen molar-refractivity contribution in [3.05, 3.63) is 34.3 Å². The number of hydrogen-bond acceptors (Lipinski definition) is 1. The number of carbonyl (C=O) groups excluding carboxylic acids is 1. The van der Waals surface area contributed by atoms with Gasteiger partial charge in [0.2, 0.25) is 0 Å². The van der Waals surface area contributed by atoms with Crippen LogP contribution in [0.15, 0.2) is 18.2 Å². The van der Waals surface area contributed by atoms with Crippen molar-refractivity contribution in [2.24, 2.45) is 5.92 Å². The highest BCUT2D eigenvalue weighted by Crippen LogP contribution is 2.27. The first-order valence-electron chi connectivity index (χ1n) is 6.75. The molecule has 2 rings (SSSR count). The Morgan fingerprint density at radius 1 is 1.42 bits per heavy atom. The second kappa shape index (κ2) is 6.76. The Labute approximate surface area is 128 Å². The number of nitrogens with one attached hydrogen (secondary N) is 1. The first-order valence-corrected chi connectivity index (χ1v) is 8.25. The predicted molar refractivity (Wildman–Crippen MR) is 83.2 cm³/mol. The first kappa shape index (κ1) is 14.9. The molecule has 104 valence electrons. The Morgan fingerprint density at radius 2 is 2.16 bits per heavy atom. The van der Waals surface area contributed by atoms with Gasteiger partial charge < -0.3 is 5.32 Å². The highest BCUT2D eigenvalue weighted by atomic mass is 79.9. The summed E-state index contributed by atoms with van der Waals surface area (Å²) in [4.78, 5) is 12.3. The third kappa shape index (κ3) is 3.51. The van der Waals surface area contributed by atoms with E-state index < -0.39 is 0 Å². The molecule has 2 unspecified atom stereocenters. The van der Waals surface area contributed by atoms with E-state index in [9.17, 15) is 4.79 Å². The van der Waals surface area contributed by atoms with E-state index in [0.717, 1.165) is 17.3 Å². The number of halogens is 2. The van der Waals surface area contributed by atoms with Crippen LogP contribution < -0.4 is 5.32 Å². The summed E-state index contributed by atoms with van der Waals surface area (Å²) in [5.74, 6) is 0.479. The summed E-state index contributed by atoms with van der Waals surface area (Å²) in [6.45, 7) is 1.92. The molecule has 0 bridgehead atoms. The van der Waals surface area contributed by atoms with E-state index in [4.69, 9.17) is 11.6 Å². The van der Waals surface area contributed by atoms with Crippen LogP contribution in [0.3, 0.4) is 0 Å². The van der Waals surface area contributed by atoms with Crippen molar-refractivity contribution in [3.8, 4) is 0 Å². The zero-order chi connectivity index (χ0) is 13.8. The number of benzene rings is 1. The summed E-state index contributed by atoms with van der Waals surface area (Å²) in [5.41, 5.74) is 1.52. The summed E-state index contributed by atoms with van der Waals surface area (Å²) in [5, 5.41) is 4.66. The minimum atomic E-state index is -0.0495. The van der Waals surface area contributed by atoms with Crippen LogP contribution in [0.25, 0.3) is 0 Å². The minimum Gasteiger partial charge on any atom is -0.349 e. The molecule has 0 saturated heterocycles. The fraction of sp³-hybridized carbons (Fsp3) is 0.533. The lowest BCUT2D eigenvalue weighted by Crippen LogP contribution is -2.42. The van der Waals surface area contributed by atoms with Crippen molar-refractivity contribution in [2.45, 2.75) is 38.6 Å². The highest BCUT2D eigenvalue weighted by molar-refractivity contribution is 9.09. The van der Waals surface area contributed by atoms with Gasteiger partial charge in [0.15, 0.2) is 0 Å². The molecule has 2 nitrogen and oxygen atoms in total. The van der Waals surface area contributed by atoms with Crippen LogP contribution in [0.5, 0.6) is 0 Å². The number of alkyl halides is 1. The van der Waals surface area contributed by atoms with Crippen molar-refractivity contribution in [1.29, 1.82) is 0 Å². The molecular formula is C15H19BrClNO. The smallest absolute Gasteiger partial charge is 0.253 e. The summed E-state index contributed by atoms with van der Waals surface area (Å²) < 4.78 is 0. The Morgan fingerprint density at radius 3 is 2.89 bits per heavy atom. The number of carbonyl (C=O) groups is 1. The van der Waals surface area contributed by atoms with Crippen LogP contribution in [0.1, 0.15) is 41.6 Å². The van der Waals surface area contributed by atoms with E-state index in [2.05, 4.69) is 21.2 Å². The molecule has 19 heavy (non-hydrogen) atoms. The van der Waals surface area contributed by atoms with Crippen molar-refractivity contribution >= 4 is 33.4 Å². The molecule has 4 heteroatoms. The summed E-state index contributed by atoms with van der Waals surface area (Å²) in [6, 6.07) is 5.84. The van der Waals surface area contributed by atoms with E-state index in [1.807, 2.05) is 19.1 Å². The van der Waals surface area contributed by atoms with Crippen LogP contribution in [-0.2, 0) is 0 Å². The van der Waals surface area contributed by atoms with Gasteiger partial charge in [-0.25, -0.2) is 0 Å². The van der Waals surface area contributed by atoms with E-state index in [0.29, 0.717) is 16.5 Å². The van der Waals surface area contributed by atoms with Gasteiger partial charge in [0, 0.05) is 11.4 Å². The second-order valence-corrected chi connectivity index (χ2v) is 6.24. The zero-order valence-electron chi connectivity index (χ0n) is 11.1. The van der Waals surface area contributed by atoms with Crippen molar-refractivity contribution in [1.82, 2.24) is 5.32 Å². The lowest BCUT2D eigenvalue weighted by Gasteiger charge is -2.31. The Kier molecular flexibility index (Phi) is 5.28. The SMILES string of the molecule is Cc1cccc(C(=O)NC2CCCCC2CBr)c1Cl. The van der Waals surface area contributed by atoms with Gasteiger partial charge in [-0.15, -0.1) is 0 Å². The standard InChI is InChI=1S/C15H19BrClNO/c1-10-5-4-7-12(14(10)17)15(19)18-13-8-3-2-6-11(13)9-16/h4-5,7,11,13H,2-3,6,8-9H2,1H3,(H,18,19). The number of amides is 1. The molecule has 1 aliphatic rings. The average molecular weight is 345 g/mol. The van der Waals surface area contributed by atoms with Crippen LogP contribution in [-0.4, -0.2) is 17.3 Å². The fourth-order valence-electron chi connectivity index (χ4n) is 2.65. The van der Waals surface area contributed by atoms with Crippen LogP contribution in [0, 0.1) is 12.8 Å². The lowest BCUT2D eigenvalue weighted by atomic mass is 9.86. The second-order valence-electron chi connectivity index (χ2n) is 5.22. The fourth-order valence-corrected chi connectivity index (χ4v) is 3.64. The van der Waals surface area contributed by atoms with Gasteiger partial charge in [-0.1, -0.05) is 52.5 Å². The maximum Gasteiger partial charge on any atom is 0.253 e. The molecule has 0 heterocycles. The largest absolute Gasteiger partial charge is 0.349 e. The lowest BCUT2D eigenvalue weighted by molar-refractivity contribution is 0.0911. The van der Waals surface area contributed by atoms with Crippen LogP contribution in [0.2, 0.25) is 5.02 Å². The maximum atomic E-state index is 12.3. The van der Waals surface area contributed by atoms with Crippen molar-refractivity contribution in [3.63, 3.8) is 0 Å². The molecule has 1 N–H and O–H groups in total. The molecule has 1 amide bonds. The monoisotopic (exact) mass is 343 g/mol. The number of aryl methyl sites for hydroxylation is 1. The third-order valence-corrected chi connectivity index (χ3v) is 5.19. The summed E-state index contributed by atoms with van der Waals surface area (Å²) in [7, 11) is 0. The maximum absolute atomic E-state index is 12.3. The van der Waals surface area contributed by atoms with Crippen LogP contribution in [0.4, 0.5) is 0 Å². The first-order chi connectivity index (χ1) is 9.13. The molecule has 1 aromatic rings. The molecule has 2 atom stereocenters. The van der Waals surface area contributed by atoms with Gasteiger partial charge in [-0.2, -0.15) is 0 Å². The quantitative estimate of drug-likeness (QED) is 0.812. The topological polar surface area (TPSA) is 29.1 Å². The molecule has 1 saturated carbocycles. The Hall–Kier alpha value is -0.540. The van der Waals surface area contributed by atoms with Gasteiger partial charge in [0.05, 0.1) is 10.6 Å². The Bertz CT molecular complexity index is 463. The van der Waals surface area contributed by atoms with E-state index in [1.54, 1.807) is 6.07 Å². The van der Waals surface area contributed by atoms with Crippen molar-refractivity contribution < 1.29 is 4.79 Å². The van der Waals surface area contributed by atoms with E-state index in [-0.39, 0.29) is 11.9 Å². The molecule has 0 aromatic heterocycles. The highest BCUT2D eigenvalue weighted by Gasteiger charge is 2.26. The third-order valence-electron chi connectivity index (χ3n) is 3.86. The van der Waals surface area contributed by atoms with Gasteiger partial charge in [-0.3, -0.25) is 4.79 Å². The van der Waals surface area contributed by atoms with Gasteiger partial charge in [0.25, 0.3) is 5.91 Å². The molecule has 1 aromatic carbocycles. The van der Waals surface area contributed by atoms with Gasteiger partial charge in [0.1, 0.15) is 0 Å². The molecule has 1 fully saturated rings. The molecule has 0 spiro atoms. The van der Waals surface area contributed by atoms with Crippen LogP contribution >= 0.6 is 27.5 Å². The van der Waals surface area contributed by atoms with Crippen molar-refractivity contribution in [2.75, 3.05) is 5.33 Å². The number of hydrogen-bond donors (Lipinski definition) is 1. The van der Waals surface area contributed by atoms with E-state index in [1.165, 1.54) is 19.3 Å². The zero-order valence-corrected chi connectivity index (χ0v) is 13.4. The molecule has 0 radical (unpaired) electrons.